The molecular weight excluding hydrogens is 1480 g/mol. The second kappa shape index (κ2) is 65.6. The van der Waals surface area contributed by atoms with Crippen LogP contribution >= 0.6 is 7.82 Å². The summed E-state index contributed by atoms with van der Waals surface area (Å²) in [6, 6.07) is 24.6. The highest BCUT2D eigenvalue weighted by Crippen LogP contribution is 2.55. The number of rotatable bonds is 64. The van der Waals surface area contributed by atoms with Gasteiger partial charge in [0.05, 0.1) is 45.3 Å². The molecule has 2 aliphatic rings. The van der Waals surface area contributed by atoms with E-state index in [9.17, 15) is 14.7 Å². The zero-order valence-corrected chi connectivity index (χ0v) is 74.1. The van der Waals surface area contributed by atoms with E-state index in [1.54, 1.807) is 60.7 Å². The fraction of sp³-hybridized carbons (Fsp3) is 0.763. The maximum absolute atomic E-state index is 16.4. The number of para-hydroxylation sites is 2. The Hall–Kier alpha value is -5.20. The molecule has 0 radical (unpaired) electrons. The van der Waals surface area contributed by atoms with Crippen LogP contribution in [0.1, 0.15) is 393 Å². The molecule has 18 nitrogen and oxygen atoms in total. The van der Waals surface area contributed by atoms with E-state index < -0.39 is 74.6 Å². The van der Waals surface area contributed by atoms with E-state index in [1.807, 2.05) is 30.3 Å². The van der Waals surface area contributed by atoms with E-state index in [0.29, 0.717) is 44.9 Å². The zero-order chi connectivity index (χ0) is 83.0. The van der Waals surface area contributed by atoms with Crippen LogP contribution in [0.15, 0.2) is 91.0 Å². The lowest BCUT2D eigenvalue weighted by atomic mass is 9.75. The molecule has 2 fully saturated rings. The quantitative estimate of drug-likeness (QED) is 0.0271. The third kappa shape index (κ3) is 45.4. The Morgan fingerprint density at radius 3 is 1.36 bits per heavy atom. The molecule has 2 heterocycles. The molecule has 660 valence electrons. The first-order valence-electron chi connectivity index (χ1n) is 47.2. The van der Waals surface area contributed by atoms with Crippen LogP contribution in [-0.2, 0) is 68.1 Å². The summed E-state index contributed by atoms with van der Waals surface area (Å²) in [5.74, 6) is -1.57. The van der Waals surface area contributed by atoms with Gasteiger partial charge < -0.3 is 53.2 Å². The number of hydrogen-bond acceptors (Lipinski definition) is 16. The highest BCUT2D eigenvalue weighted by molar-refractivity contribution is 7.49. The molecule has 0 aliphatic carbocycles. The molecule has 2 amide bonds. The maximum atomic E-state index is 16.4. The Bertz CT molecular complexity index is 2940. The van der Waals surface area contributed by atoms with E-state index in [1.165, 1.54) is 57.8 Å². The molecule has 1 spiro atoms. The minimum Gasteiger partial charge on any atom is -0.462 e. The van der Waals surface area contributed by atoms with E-state index >= 15 is 18.9 Å². The van der Waals surface area contributed by atoms with Gasteiger partial charge in [0, 0.05) is 31.8 Å². The number of carbonyl (C=O) groups excluding carboxylic acids is 5. The Morgan fingerprint density at radius 1 is 0.483 bits per heavy atom. The van der Waals surface area contributed by atoms with Gasteiger partial charge in [0.1, 0.15) is 53.3 Å². The van der Waals surface area contributed by atoms with Gasteiger partial charge in [0.25, 0.3) is 0 Å². The minimum atomic E-state index is -4.96. The minimum absolute atomic E-state index is 0.000690. The first-order chi connectivity index (χ1) is 56.8. The molecule has 9 atom stereocenters. The maximum Gasteiger partial charge on any atom is 0.588 e. The van der Waals surface area contributed by atoms with Crippen LogP contribution in [0.25, 0.3) is 0 Å². The van der Waals surface area contributed by atoms with Crippen LogP contribution in [0.5, 0.6) is 11.5 Å². The van der Waals surface area contributed by atoms with Crippen molar-refractivity contribution in [3.05, 3.63) is 96.6 Å². The van der Waals surface area contributed by atoms with Crippen molar-refractivity contribution in [2.24, 2.45) is 5.92 Å². The number of benzene rings is 3. The lowest BCUT2D eigenvalue weighted by molar-refractivity contribution is -0.309. The van der Waals surface area contributed by atoms with Crippen molar-refractivity contribution in [3.8, 4) is 11.5 Å². The number of aliphatic hydroxyl groups excluding tert-OH is 1. The van der Waals surface area contributed by atoms with E-state index in [0.717, 1.165) is 217 Å². The zero-order valence-electron chi connectivity index (χ0n) is 73.2. The van der Waals surface area contributed by atoms with Crippen LogP contribution in [0.2, 0.25) is 0 Å². The average Bonchev–Trinajstić information content (AvgIpc) is 0.736. The summed E-state index contributed by atoms with van der Waals surface area (Å²) in [5, 5.41) is 18.8. The Morgan fingerprint density at radius 2 is 0.897 bits per heavy atom. The van der Waals surface area contributed by atoms with Gasteiger partial charge in [-0.2, -0.15) is 0 Å². The fourth-order valence-corrected chi connectivity index (χ4v) is 17.8. The molecule has 0 aromatic heterocycles. The molecule has 0 bridgehead atoms. The molecule has 3 aromatic rings. The number of ether oxygens (including phenoxy) is 6. The summed E-state index contributed by atoms with van der Waals surface area (Å²) in [6.45, 7) is 10.2. The molecule has 116 heavy (non-hydrogen) atoms. The Balaban J connectivity index is 1.70. The summed E-state index contributed by atoms with van der Waals surface area (Å²) < 4.78 is 77.6. The first kappa shape index (κ1) is 101. The number of amides is 2. The number of phosphoric acid groups is 1. The molecule has 3 aromatic carbocycles. The number of hydrogen-bond donors (Lipinski definition) is 3. The monoisotopic (exact) mass is 1640 g/mol. The number of phosphoric ester groups is 1. The molecule has 3 N–H and O–H groups in total. The molecule has 2 saturated heterocycles. The van der Waals surface area contributed by atoms with Crippen molar-refractivity contribution >= 4 is 37.4 Å². The number of esters is 2. The average molecular weight is 1640 g/mol. The Kier molecular flexibility index (Phi) is 57.3. The highest BCUT2D eigenvalue weighted by atomic mass is 31.2. The molecule has 19 heteroatoms. The fourth-order valence-electron chi connectivity index (χ4n) is 16.3. The van der Waals surface area contributed by atoms with Crippen molar-refractivity contribution < 1.29 is 75.6 Å². The third-order valence-electron chi connectivity index (χ3n) is 23.2. The SMILES string of the molecule is CCCCCCCCCCC[C@H](CC(=O)N[C@@H](COCc1ccccc1)COC1O[C@H](CO)[C@@H](OP(=O)(Oc2ccccc2)Oc2ccccc2)[C@@]2(CC[C@H](C(=O)CCCCCCCC)CCCCCCCCCCCO2)[C@H]1NC(=O)C[C@@H](CCCCCCCCCCC)OC(=O)CCCCCCCC)OC(=O)CCCCCCCC. The molecule has 5 rings (SSSR count). The van der Waals surface area contributed by atoms with Crippen LogP contribution in [0, 0.1) is 5.92 Å². The predicted molar refractivity (Wildman–Crippen MR) is 468 cm³/mol. The topological polar surface area (TPSA) is 230 Å². The molecular formula is C97H161N2O16P. The summed E-state index contributed by atoms with van der Waals surface area (Å²) in [7, 11) is -4.96. The van der Waals surface area contributed by atoms with Gasteiger partial charge in [-0.15, -0.1) is 0 Å². The third-order valence-corrected chi connectivity index (χ3v) is 24.5. The van der Waals surface area contributed by atoms with Crippen molar-refractivity contribution in [3.63, 3.8) is 0 Å². The number of unbranched alkanes of at least 4 members (excludes halogenated alkanes) is 31. The number of ketones is 1. The lowest BCUT2D eigenvalue weighted by Gasteiger charge is -2.54. The summed E-state index contributed by atoms with van der Waals surface area (Å²) in [6.07, 6.45) is 42.6. The summed E-state index contributed by atoms with van der Waals surface area (Å²) in [4.78, 5) is 74.2. The first-order valence-corrected chi connectivity index (χ1v) is 48.6. The van der Waals surface area contributed by atoms with E-state index in [2.05, 4.69) is 45.3 Å². The molecule has 2 aliphatic heterocycles. The molecule has 0 saturated carbocycles. The van der Waals surface area contributed by atoms with E-state index in [4.69, 9.17) is 42.0 Å². The second-order valence-electron chi connectivity index (χ2n) is 33.5. The second-order valence-corrected chi connectivity index (χ2v) is 35.0. The standard InChI is InChI=1S/C97H161N2O16P/c1-6-11-16-21-26-29-34-38-50-67-86(110-92(104)70-57-41-24-19-14-9-4)75-90(102)98-83(79-107-78-81-60-47-44-48-61-81)80-108-96-94(99-91(103)76-87(68-51-39-35-30-27-22-17-12-7-2)111-93(105)71-58-42-25-20-15-10-5)97(95(89(77-100)112-96)115-116(106,113-84-63-52-45-53-64-84)114-85-65-54-46-55-66-85)73-72-82(88(101)69-56-40-23-18-13-8-3)62-49-37-33-31-28-32-36-43-59-74-109-97/h44-48,52-55,60-61,63-66,82-83,86-87,89,94-96,100H,6-43,49-51,56-59,62,67-80H2,1-5H3,(H,98,102)(H,99,103)/t82-,83+,86-,87-,89-,94+,95-,96?,97-/m1/s1. The highest BCUT2D eigenvalue weighted by Gasteiger charge is 2.62. The van der Waals surface area contributed by atoms with Gasteiger partial charge in [-0.1, -0.05) is 352 Å². The van der Waals surface area contributed by atoms with Crippen molar-refractivity contribution in [2.75, 3.05) is 26.4 Å². The molecule has 1 unspecified atom stereocenters. The van der Waals surface area contributed by atoms with Crippen molar-refractivity contribution in [2.45, 2.75) is 443 Å². The largest absolute Gasteiger partial charge is 0.588 e. The number of nitrogens with one attached hydrogen (secondary N) is 2. The van der Waals surface area contributed by atoms with Gasteiger partial charge in [0.2, 0.25) is 11.8 Å². The van der Waals surface area contributed by atoms with Gasteiger partial charge in [0.15, 0.2) is 6.29 Å². The van der Waals surface area contributed by atoms with Crippen LogP contribution < -0.4 is 19.7 Å². The van der Waals surface area contributed by atoms with Gasteiger partial charge in [-0.25, -0.2) is 4.57 Å². The van der Waals surface area contributed by atoms with Gasteiger partial charge in [-0.3, -0.25) is 28.5 Å². The predicted octanol–water partition coefficient (Wildman–Crippen LogP) is 24.9. The van der Waals surface area contributed by atoms with Crippen LogP contribution in [0.4, 0.5) is 0 Å². The normalized spacial score (nSPS) is 19.3. The summed E-state index contributed by atoms with van der Waals surface area (Å²) in [5.41, 5.74) is -0.980. The summed E-state index contributed by atoms with van der Waals surface area (Å²) >= 11 is 0. The van der Waals surface area contributed by atoms with Gasteiger partial charge in [-0.05, 0) is 100 Å². The van der Waals surface area contributed by atoms with Gasteiger partial charge >= 0.3 is 19.8 Å². The van der Waals surface area contributed by atoms with E-state index in [-0.39, 0.29) is 100 Å². The van der Waals surface area contributed by atoms with Crippen molar-refractivity contribution in [1.29, 1.82) is 0 Å². The number of Topliss-reactive ketones (excluding diaryl/α,β-unsaturated/α-hetero) is 1. The Labute approximate surface area is 703 Å². The van der Waals surface area contributed by atoms with Crippen molar-refractivity contribution in [1.82, 2.24) is 10.6 Å². The smallest absolute Gasteiger partial charge is 0.462 e. The number of aliphatic hydroxyl groups is 1. The van der Waals surface area contributed by atoms with Crippen LogP contribution in [-0.4, -0.2) is 109 Å². The van der Waals surface area contributed by atoms with Crippen LogP contribution in [0.3, 0.4) is 0 Å². The lowest BCUT2D eigenvalue weighted by Crippen LogP contribution is -2.74. The number of carbonyl (C=O) groups is 5.